The van der Waals surface area contributed by atoms with E-state index in [-0.39, 0.29) is 10.6 Å². The third-order valence-corrected chi connectivity index (χ3v) is 4.88. The summed E-state index contributed by atoms with van der Waals surface area (Å²) in [6, 6.07) is 9.04. The molecule has 0 N–H and O–H groups in total. The molecule has 0 saturated heterocycles. The molecule has 0 aliphatic rings. The lowest BCUT2D eigenvalue weighted by Crippen LogP contribution is -1.99. The van der Waals surface area contributed by atoms with E-state index in [1.54, 1.807) is 23.5 Å². The Hall–Kier alpha value is -1.66. The van der Waals surface area contributed by atoms with Crippen LogP contribution in [0.15, 0.2) is 46.4 Å². The fourth-order valence-corrected chi connectivity index (χ4v) is 3.59. The van der Waals surface area contributed by atoms with Crippen LogP contribution in [-0.4, -0.2) is 9.49 Å². The van der Waals surface area contributed by atoms with Crippen LogP contribution in [0.25, 0.3) is 10.9 Å². The summed E-state index contributed by atoms with van der Waals surface area (Å²) < 4.78 is 2.96. The fraction of sp³-hybridized carbons (Fsp3) is 0.0769. The van der Waals surface area contributed by atoms with Gasteiger partial charge in [-0.3, -0.25) is 10.1 Å². The van der Waals surface area contributed by atoms with Crippen molar-refractivity contribution in [3.05, 3.63) is 61.4 Å². The van der Waals surface area contributed by atoms with Crippen molar-refractivity contribution in [1.82, 2.24) is 4.57 Å². The zero-order chi connectivity index (χ0) is 13.4. The monoisotopic (exact) mass is 336 g/mol. The Morgan fingerprint density at radius 3 is 2.84 bits per heavy atom. The summed E-state index contributed by atoms with van der Waals surface area (Å²) in [4.78, 5) is 11.9. The van der Waals surface area contributed by atoms with Crippen molar-refractivity contribution in [3.63, 3.8) is 0 Å². The summed E-state index contributed by atoms with van der Waals surface area (Å²) in [7, 11) is 0. The zero-order valence-electron chi connectivity index (χ0n) is 9.75. The summed E-state index contributed by atoms with van der Waals surface area (Å²) in [6.07, 6.45) is 1.89. The summed E-state index contributed by atoms with van der Waals surface area (Å²) >= 11 is 5.12. The number of aromatic nitrogens is 1. The molecule has 1 aromatic carbocycles. The van der Waals surface area contributed by atoms with E-state index in [4.69, 9.17) is 0 Å². The van der Waals surface area contributed by atoms with Gasteiger partial charge in [-0.15, -0.1) is 11.3 Å². The number of rotatable bonds is 3. The van der Waals surface area contributed by atoms with Gasteiger partial charge < -0.3 is 4.57 Å². The Balaban J connectivity index is 2.14. The van der Waals surface area contributed by atoms with Crippen LogP contribution in [0, 0.1) is 10.1 Å². The molecule has 3 rings (SSSR count). The SMILES string of the molecule is O=[N+]([O-])c1cccc2ccn(Cc3sccc3Br)c12. The van der Waals surface area contributed by atoms with Crippen molar-refractivity contribution in [2.45, 2.75) is 6.54 Å². The summed E-state index contributed by atoms with van der Waals surface area (Å²) in [5.41, 5.74) is 0.822. The van der Waals surface area contributed by atoms with Crippen LogP contribution < -0.4 is 0 Å². The Labute approximate surface area is 121 Å². The van der Waals surface area contributed by atoms with Gasteiger partial charge in [-0.1, -0.05) is 12.1 Å². The highest BCUT2D eigenvalue weighted by atomic mass is 79.9. The second-order valence-electron chi connectivity index (χ2n) is 4.11. The molecule has 0 unspecified atom stereocenters. The number of halogens is 1. The maximum absolute atomic E-state index is 11.1. The van der Waals surface area contributed by atoms with E-state index >= 15 is 0 Å². The summed E-state index contributed by atoms with van der Waals surface area (Å²) in [5.74, 6) is 0. The lowest BCUT2D eigenvalue weighted by Gasteiger charge is -2.05. The van der Waals surface area contributed by atoms with Gasteiger partial charge in [0.2, 0.25) is 0 Å². The van der Waals surface area contributed by atoms with Crippen LogP contribution in [-0.2, 0) is 6.54 Å². The predicted molar refractivity (Wildman–Crippen MR) is 79.7 cm³/mol. The van der Waals surface area contributed by atoms with E-state index in [0.29, 0.717) is 12.1 Å². The molecule has 0 spiro atoms. The molecule has 19 heavy (non-hydrogen) atoms. The third-order valence-electron chi connectivity index (χ3n) is 2.97. The Morgan fingerprint density at radius 2 is 2.16 bits per heavy atom. The molecule has 0 saturated carbocycles. The molecule has 96 valence electrons. The molecule has 2 heterocycles. The standard InChI is InChI=1S/C13H9BrN2O2S/c14-10-5-7-19-12(10)8-15-6-4-9-2-1-3-11(13(9)15)16(17)18/h1-7H,8H2. The van der Waals surface area contributed by atoms with E-state index in [9.17, 15) is 10.1 Å². The number of benzene rings is 1. The van der Waals surface area contributed by atoms with E-state index in [1.807, 2.05) is 34.3 Å². The van der Waals surface area contributed by atoms with Crippen LogP contribution in [0.1, 0.15) is 4.88 Å². The van der Waals surface area contributed by atoms with Gasteiger partial charge in [0.25, 0.3) is 5.69 Å². The lowest BCUT2D eigenvalue weighted by molar-refractivity contribution is -0.383. The van der Waals surface area contributed by atoms with Gasteiger partial charge in [-0.05, 0) is 33.4 Å². The van der Waals surface area contributed by atoms with Crippen molar-refractivity contribution in [2.24, 2.45) is 0 Å². The minimum absolute atomic E-state index is 0.148. The number of thiophene rings is 1. The van der Waals surface area contributed by atoms with E-state index < -0.39 is 0 Å². The number of hydrogen-bond donors (Lipinski definition) is 0. The molecular formula is C13H9BrN2O2S. The van der Waals surface area contributed by atoms with Crippen molar-refractivity contribution in [2.75, 3.05) is 0 Å². The van der Waals surface area contributed by atoms with Crippen molar-refractivity contribution in [1.29, 1.82) is 0 Å². The Morgan fingerprint density at radius 1 is 1.32 bits per heavy atom. The minimum atomic E-state index is -0.331. The molecule has 0 bridgehead atoms. The molecule has 6 heteroatoms. The van der Waals surface area contributed by atoms with Gasteiger partial charge >= 0.3 is 0 Å². The number of hydrogen-bond acceptors (Lipinski definition) is 3. The first-order valence-electron chi connectivity index (χ1n) is 5.61. The Bertz CT molecular complexity index is 763. The smallest absolute Gasteiger partial charge is 0.293 e. The molecule has 0 amide bonds. The molecular weight excluding hydrogens is 328 g/mol. The fourth-order valence-electron chi connectivity index (χ4n) is 2.11. The highest BCUT2D eigenvalue weighted by Crippen LogP contribution is 2.29. The number of nitro benzene ring substituents is 1. The quantitative estimate of drug-likeness (QED) is 0.525. The molecule has 0 radical (unpaired) electrons. The highest BCUT2D eigenvalue weighted by Gasteiger charge is 2.16. The maximum atomic E-state index is 11.1. The van der Waals surface area contributed by atoms with E-state index in [1.165, 1.54) is 0 Å². The van der Waals surface area contributed by atoms with Gasteiger partial charge in [0, 0.05) is 27.0 Å². The van der Waals surface area contributed by atoms with Crippen molar-refractivity contribution >= 4 is 43.9 Å². The van der Waals surface area contributed by atoms with Gasteiger partial charge in [0.05, 0.1) is 11.5 Å². The molecule has 2 aromatic heterocycles. The van der Waals surface area contributed by atoms with E-state index in [0.717, 1.165) is 14.7 Å². The zero-order valence-corrected chi connectivity index (χ0v) is 12.1. The molecule has 0 atom stereocenters. The molecule has 0 aliphatic heterocycles. The predicted octanol–water partition coefficient (Wildman–Crippen LogP) is 4.42. The average molecular weight is 337 g/mol. The lowest BCUT2D eigenvalue weighted by atomic mass is 10.2. The van der Waals surface area contributed by atoms with Gasteiger partial charge in [-0.2, -0.15) is 0 Å². The number of nitrogens with zero attached hydrogens (tertiary/aromatic N) is 2. The van der Waals surface area contributed by atoms with Crippen LogP contribution in [0.2, 0.25) is 0 Å². The summed E-state index contributed by atoms with van der Waals surface area (Å²) in [5, 5.41) is 14.0. The van der Waals surface area contributed by atoms with Gasteiger partial charge in [-0.25, -0.2) is 0 Å². The molecule has 3 aromatic rings. The second kappa shape index (κ2) is 4.79. The molecule has 0 fully saturated rings. The van der Waals surface area contributed by atoms with Crippen LogP contribution >= 0.6 is 27.3 Å². The number of fused-ring (bicyclic) bond motifs is 1. The number of non-ortho nitro benzene ring substituents is 1. The molecule has 4 nitrogen and oxygen atoms in total. The van der Waals surface area contributed by atoms with Crippen LogP contribution in [0.4, 0.5) is 5.69 Å². The van der Waals surface area contributed by atoms with E-state index in [2.05, 4.69) is 15.9 Å². The first-order chi connectivity index (χ1) is 9.16. The first-order valence-corrected chi connectivity index (χ1v) is 7.28. The summed E-state index contributed by atoms with van der Waals surface area (Å²) in [6.45, 7) is 0.632. The average Bonchev–Trinajstić information content (AvgIpc) is 2.97. The van der Waals surface area contributed by atoms with Crippen LogP contribution in [0.5, 0.6) is 0 Å². The third kappa shape index (κ3) is 2.17. The highest BCUT2D eigenvalue weighted by molar-refractivity contribution is 9.10. The minimum Gasteiger partial charge on any atom is -0.337 e. The maximum Gasteiger partial charge on any atom is 0.293 e. The van der Waals surface area contributed by atoms with Crippen molar-refractivity contribution < 1.29 is 4.92 Å². The number of nitro groups is 1. The van der Waals surface area contributed by atoms with Crippen LogP contribution in [0.3, 0.4) is 0 Å². The number of para-hydroxylation sites is 1. The normalized spacial score (nSPS) is 11.0. The Kier molecular flexibility index (Phi) is 3.12. The topological polar surface area (TPSA) is 48.1 Å². The van der Waals surface area contributed by atoms with Gasteiger partial charge in [0.1, 0.15) is 5.52 Å². The van der Waals surface area contributed by atoms with Gasteiger partial charge in [0.15, 0.2) is 0 Å². The molecule has 0 aliphatic carbocycles. The second-order valence-corrected chi connectivity index (χ2v) is 5.96. The largest absolute Gasteiger partial charge is 0.337 e. The van der Waals surface area contributed by atoms with Crippen molar-refractivity contribution in [3.8, 4) is 0 Å². The first kappa shape index (κ1) is 12.4.